The number of phenolic OH excluding ortho intramolecular Hbond substituents is 1. The fraction of sp³-hybridized carbons (Fsp3) is 0.368. The lowest BCUT2D eigenvalue weighted by Crippen LogP contribution is -2.49. The molecule has 1 saturated carbocycles. The number of aryl methyl sites for hydroxylation is 1. The van der Waals surface area contributed by atoms with Gasteiger partial charge in [-0.3, -0.25) is 24.1 Å². The van der Waals surface area contributed by atoms with Crippen LogP contribution >= 0.6 is 0 Å². The van der Waals surface area contributed by atoms with Gasteiger partial charge in [-0.05, 0) is 74.6 Å². The van der Waals surface area contributed by atoms with Crippen LogP contribution in [-0.2, 0) is 23.9 Å². The lowest BCUT2D eigenvalue weighted by atomic mass is 9.51. The van der Waals surface area contributed by atoms with E-state index in [1.165, 1.54) is 9.80 Å². The lowest BCUT2D eigenvalue weighted by Gasteiger charge is -2.49. The van der Waals surface area contributed by atoms with Crippen molar-refractivity contribution in [3.05, 3.63) is 95.6 Å². The highest BCUT2D eigenvalue weighted by molar-refractivity contribution is 6.25. The molecule has 47 heavy (non-hydrogen) atoms. The highest BCUT2D eigenvalue weighted by Gasteiger charge is 2.68. The second kappa shape index (κ2) is 10.9. The number of morpholine rings is 1. The standard InChI is InChI=1S/C38H37N3O6/c1-22-7-6-10-28(33(22)42)32-26-15-16-27-31(29(26)21-30-35(44)41(37(46)38(30,32)2)24-8-4-3-5-9-24)36(45)40(34(27)43)25-13-11-23(12-14-25)39-17-19-47-20-18-39/h3-15,27,29-32,42H,16-21H2,1-2H3. The molecule has 2 aliphatic carbocycles. The molecule has 3 saturated heterocycles. The topological polar surface area (TPSA) is 107 Å². The van der Waals surface area contributed by atoms with Gasteiger partial charge in [0.25, 0.3) is 0 Å². The Morgan fingerprint density at radius 2 is 1.45 bits per heavy atom. The average Bonchev–Trinajstić information content (AvgIpc) is 3.46. The average molecular weight is 632 g/mol. The van der Waals surface area contributed by atoms with Crippen molar-refractivity contribution >= 4 is 40.7 Å². The molecule has 0 aromatic heterocycles. The summed E-state index contributed by atoms with van der Waals surface area (Å²) in [5, 5.41) is 11.4. The van der Waals surface area contributed by atoms with Gasteiger partial charge in [-0.1, -0.05) is 48.0 Å². The molecule has 4 amide bonds. The zero-order valence-corrected chi connectivity index (χ0v) is 26.5. The summed E-state index contributed by atoms with van der Waals surface area (Å²) in [6.45, 7) is 6.51. The molecule has 3 heterocycles. The zero-order valence-electron chi connectivity index (χ0n) is 26.5. The minimum absolute atomic E-state index is 0.0790. The van der Waals surface area contributed by atoms with Gasteiger partial charge in [0, 0.05) is 30.3 Å². The maximum Gasteiger partial charge on any atom is 0.241 e. The summed E-state index contributed by atoms with van der Waals surface area (Å²) >= 11 is 0. The predicted molar refractivity (Wildman–Crippen MR) is 176 cm³/mol. The van der Waals surface area contributed by atoms with Crippen molar-refractivity contribution < 1.29 is 29.0 Å². The molecule has 1 N–H and O–H groups in total. The number of hydrogen-bond donors (Lipinski definition) is 1. The summed E-state index contributed by atoms with van der Waals surface area (Å²) in [5.74, 6) is -4.14. The number of ether oxygens (including phenoxy) is 1. The van der Waals surface area contributed by atoms with Gasteiger partial charge in [-0.25, -0.2) is 4.90 Å². The fourth-order valence-electron chi connectivity index (χ4n) is 8.99. The molecule has 6 atom stereocenters. The molecule has 9 heteroatoms. The van der Waals surface area contributed by atoms with Crippen LogP contribution < -0.4 is 14.7 Å². The van der Waals surface area contributed by atoms with E-state index >= 15 is 0 Å². The molecular formula is C38H37N3O6. The number of rotatable bonds is 4. The van der Waals surface area contributed by atoms with E-state index in [-0.39, 0.29) is 35.8 Å². The van der Waals surface area contributed by atoms with Gasteiger partial charge in [-0.15, -0.1) is 0 Å². The maximum absolute atomic E-state index is 14.5. The van der Waals surface area contributed by atoms with E-state index in [0.717, 1.165) is 24.4 Å². The smallest absolute Gasteiger partial charge is 0.241 e. The van der Waals surface area contributed by atoms with E-state index in [1.807, 2.05) is 68.5 Å². The molecule has 3 aliphatic heterocycles. The monoisotopic (exact) mass is 631 g/mol. The summed E-state index contributed by atoms with van der Waals surface area (Å²) < 4.78 is 5.47. The number of para-hydroxylation sites is 2. The van der Waals surface area contributed by atoms with E-state index in [4.69, 9.17) is 4.74 Å². The highest BCUT2D eigenvalue weighted by atomic mass is 16.5. The van der Waals surface area contributed by atoms with Crippen LogP contribution in [0.5, 0.6) is 5.75 Å². The van der Waals surface area contributed by atoms with Crippen LogP contribution in [0.2, 0.25) is 0 Å². The summed E-state index contributed by atoms with van der Waals surface area (Å²) in [7, 11) is 0. The van der Waals surface area contributed by atoms with E-state index in [0.29, 0.717) is 42.1 Å². The number of amides is 4. The number of aromatic hydroxyl groups is 1. The van der Waals surface area contributed by atoms with Crippen LogP contribution in [0.4, 0.5) is 17.1 Å². The molecule has 240 valence electrons. The van der Waals surface area contributed by atoms with E-state index < -0.39 is 35.0 Å². The zero-order chi connectivity index (χ0) is 32.6. The second-order valence-electron chi connectivity index (χ2n) is 13.6. The first kappa shape index (κ1) is 29.6. The van der Waals surface area contributed by atoms with Gasteiger partial charge >= 0.3 is 0 Å². The Kier molecular flexibility index (Phi) is 6.88. The molecule has 8 rings (SSSR count). The Bertz CT molecular complexity index is 1830. The number of anilines is 3. The largest absolute Gasteiger partial charge is 0.507 e. The van der Waals surface area contributed by atoms with E-state index in [9.17, 15) is 24.3 Å². The van der Waals surface area contributed by atoms with Crippen molar-refractivity contribution in [1.29, 1.82) is 0 Å². The quantitative estimate of drug-likeness (QED) is 0.320. The Balaban J connectivity index is 1.20. The summed E-state index contributed by atoms with van der Waals surface area (Å²) in [6.07, 6.45) is 2.62. The van der Waals surface area contributed by atoms with Crippen LogP contribution in [0.15, 0.2) is 84.4 Å². The molecule has 3 aromatic carbocycles. The third-order valence-electron chi connectivity index (χ3n) is 11.4. The Morgan fingerprint density at radius 3 is 2.17 bits per heavy atom. The number of hydrogen-bond acceptors (Lipinski definition) is 7. The van der Waals surface area contributed by atoms with E-state index in [1.54, 1.807) is 24.3 Å². The third kappa shape index (κ3) is 4.25. The normalized spacial score (nSPS) is 30.3. The van der Waals surface area contributed by atoms with Gasteiger partial charge in [0.15, 0.2) is 0 Å². The molecule has 6 unspecified atom stereocenters. The molecule has 5 aliphatic rings. The van der Waals surface area contributed by atoms with Crippen LogP contribution in [-0.4, -0.2) is 55.0 Å². The number of allylic oxidation sites excluding steroid dienone is 2. The van der Waals surface area contributed by atoms with Crippen LogP contribution in [0, 0.1) is 36.0 Å². The van der Waals surface area contributed by atoms with Crippen molar-refractivity contribution in [1.82, 2.24) is 0 Å². The number of imide groups is 2. The number of benzene rings is 3. The first-order chi connectivity index (χ1) is 22.7. The predicted octanol–water partition coefficient (Wildman–Crippen LogP) is 4.97. The highest BCUT2D eigenvalue weighted by Crippen LogP contribution is 2.64. The number of nitrogens with zero attached hydrogens (tertiary/aromatic N) is 3. The van der Waals surface area contributed by atoms with Crippen LogP contribution in [0.3, 0.4) is 0 Å². The van der Waals surface area contributed by atoms with Gasteiger partial charge in [0.1, 0.15) is 5.75 Å². The Labute approximate surface area is 273 Å². The fourth-order valence-corrected chi connectivity index (χ4v) is 8.99. The Morgan fingerprint density at radius 1 is 0.766 bits per heavy atom. The molecular weight excluding hydrogens is 594 g/mol. The first-order valence-electron chi connectivity index (χ1n) is 16.4. The third-order valence-corrected chi connectivity index (χ3v) is 11.4. The lowest BCUT2D eigenvalue weighted by molar-refractivity contribution is -0.131. The van der Waals surface area contributed by atoms with Crippen molar-refractivity contribution in [2.24, 2.45) is 29.1 Å². The van der Waals surface area contributed by atoms with Crippen LogP contribution in [0.25, 0.3) is 0 Å². The van der Waals surface area contributed by atoms with Crippen molar-refractivity contribution in [3.8, 4) is 5.75 Å². The molecule has 9 nitrogen and oxygen atoms in total. The number of carbonyl (C=O) groups excluding carboxylic acids is 4. The first-order valence-corrected chi connectivity index (χ1v) is 16.4. The van der Waals surface area contributed by atoms with Crippen molar-refractivity contribution in [2.75, 3.05) is 41.0 Å². The van der Waals surface area contributed by atoms with E-state index in [2.05, 4.69) is 4.90 Å². The van der Waals surface area contributed by atoms with Gasteiger partial charge in [-0.2, -0.15) is 0 Å². The van der Waals surface area contributed by atoms with Crippen molar-refractivity contribution in [2.45, 2.75) is 32.6 Å². The van der Waals surface area contributed by atoms with Crippen LogP contribution in [0.1, 0.15) is 36.8 Å². The summed E-state index contributed by atoms with van der Waals surface area (Å²) in [6, 6.07) is 21.9. The molecule has 3 aromatic rings. The second-order valence-corrected chi connectivity index (χ2v) is 13.6. The molecule has 4 fully saturated rings. The molecule has 0 bridgehead atoms. The number of phenols is 1. The van der Waals surface area contributed by atoms with Crippen molar-refractivity contribution in [3.63, 3.8) is 0 Å². The van der Waals surface area contributed by atoms with Gasteiger partial charge in [0.05, 0.1) is 47.8 Å². The molecule has 0 radical (unpaired) electrons. The number of fused-ring (bicyclic) bond motifs is 4. The number of carbonyl (C=O) groups is 4. The summed E-state index contributed by atoms with van der Waals surface area (Å²) in [5.41, 5.74) is 2.92. The van der Waals surface area contributed by atoms with Gasteiger partial charge < -0.3 is 14.7 Å². The maximum atomic E-state index is 14.5. The minimum Gasteiger partial charge on any atom is -0.507 e. The Hall–Kier alpha value is -4.76. The summed E-state index contributed by atoms with van der Waals surface area (Å²) in [4.78, 5) is 62.0. The SMILES string of the molecule is Cc1cccc(C2C3=CCC4C(=O)N(c5ccc(N6CCOCC6)cc5)C(=O)C4C3CC3C(=O)N(c4ccccc4)C(=O)C32C)c1O. The minimum atomic E-state index is -1.20. The van der Waals surface area contributed by atoms with Gasteiger partial charge in [0.2, 0.25) is 23.6 Å². The molecule has 0 spiro atoms.